The van der Waals surface area contributed by atoms with E-state index >= 15 is 0 Å². The predicted octanol–water partition coefficient (Wildman–Crippen LogP) is 2.37. The zero-order chi connectivity index (χ0) is 22.7. The number of amides is 2. The van der Waals surface area contributed by atoms with E-state index in [1.54, 1.807) is 43.4 Å². The third-order valence-electron chi connectivity index (χ3n) is 4.36. The second kappa shape index (κ2) is 12.3. The Morgan fingerprint density at radius 2 is 1.84 bits per heavy atom. The molecule has 0 saturated heterocycles. The highest BCUT2D eigenvalue weighted by Crippen LogP contribution is 2.08. The van der Waals surface area contributed by atoms with E-state index < -0.39 is 22.0 Å². The van der Waals surface area contributed by atoms with Crippen molar-refractivity contribution in [2.24, 2.45) is 0 Å². The molecule has 2 aromatic carbocycles. The molecule has 0 aliphatic heterocycles. The molecule has 1 unspecified atom stereocenters. The molecule has 2 amide bonds. The quantitative estimate of drug-likeness (QED) is 0.477. The fraction of sp³-hybridized carbons (Fsp3) is 0.273. The van der Waals surface area contributed by atoms with Crippen molar-refractivity contribution in [1.29, 1.82) is 0 Å². The van der Waals surface area contributed by atoms with Gasteiger partial charge in [-0.05, 0) is 47.8 Å². The van der Waals surface area contributed by atoms with Gasteiger partial charge in [0.15, 0.2) is 0 Å². The zero-order valence-corrected chi connectivity index (χ0v) is 19.1. The highest BCUT2D eigenvalue weighted by Gasteiger charge is 2.22. The van der Waals surface area contributed by atoms with Gasteiger partial charge in [0.25, 0.3) is 5.91 Å². The summed E-state index contributed by atoms with van der Waals surface area (Å²) in [6.07, 6.45) is 3.73. The Morgan fingerprint density at radius 1 is 1.10 bits per heavy atom. The molecule has 7 nitrogen and oxygen atoms in total. The van der Waals surface area contributed by atoms with Gasteiger partial charge in [-0.3, -0.25) is 9.59 Å². The van der Waals surface area contributed by atoms with E-state index in [9.17, 15) is 18.0 Å². The molecular formula is C22H27N3O4S2. The highest BCUT2D eigenvalue weighted by atomic mass is 32.2. The van der Waals surface area contributed by atoms with Crippen LogP contribution in [0.3, 0.4) is 0 Å². The van der Waals surface area contributed by atoms with Gasteiger partial charge in [-0.1, -0.05) is 42.5 Å². The maximum atomic E-state index is 12.7. The van der Waals surface area contributed by atoms with Crippen LogP contribution in [-0.2, 0) is 21.4 Å². The minimum absolute atomic E-state index is 0.182. The van der Waals surface area contributed by atoms with Gasteiger partial charge in [0.05, 0.1) is 0 Å². The second-order valence-electron chi connectivity index (χ2n) is 6.71. The molecule has 0 bridgehead atoms. The van der Waals surface area contributed by atoms with Crippen molar-refractivity contribution >= 4 is 39.7 Å². The van der Waals surface area contributed by atoms with Crippen molar-refractivity contribution in [1.82, 2.24) is 15.4 Å². The Hall–Kier alpha value is -2.62. The van der Waals surface area contributed by atoms with E-state index in [2.05, 4.69) is 15.4 Å². The Kier molecular flexibility index (Phi) is 9.77. The molecule has 2 aromatic rings. The Balaban J connectivity index is 2.04. The SMILES string of the molecule is CNC(=O)c1cccc(CNC(=O)C(CCSC)NS(=O)(=O)/C=C/c2ccccc2)c1. The number of carbonyl (C=O) groups excluding carboxylic acids is 2. The smallest absolute Gasteiger partial charge is 0.251 e. The highest BCUT2D eigenvalue weighted by molar-refractivity contribution is 7.98. The lowest BCUT2D eigenvalue weighted by atomic mass is 10.1. The van der Waals surface area contributed by atoms with Gasteiger partial charge in [0.1, 0.15) is 6.04 Å². The van der Waals surface area contributed by atoms with Crippen LogP contribution in [0, 0.1) is 0 Å². The maximum Gasteiger partial charge on any atom is 0.251 e. The first-order chi connectivity index (χ1) is 14.8. The summed E-state index contributed by atoms with van der Waals surface area (Å²) in [6.45, 7) is 0.182. The van der Waals surface area contributed by atoms with Crippen LogP contribution >= 0.6 is 11.8 Å². The van der Waals surface area contributed by atoms with Crippen molar-refractivity contribution in [2.45, 2.75) is 19.0 Å². The molecule has 0 aromatic heterocycles. The average Bonchev–Trinajstić information content (AvgIpc) is 2.79. The summed E-state index contributed by atoms with van der Waals surface area (Å²) < 4.78 is 27.4. The molecular weight excluding hydrogens is 434 g/mol. The van der Waals surface area contributed by atoms with E-state index in [1.807, 2.05) is 24.5 Å². The van der Waals surface area contributed by atoms with Gasteiger partial charge in [-0.2, -0.15) is 16.5 Å². The largest absolute Gasteiger partial charge is 0.355 e. The molecule has 3 N–H and O–H groups in total. The van der Waals surface area contributed by atoms with Crippen molar-refractivity contribution in [3.8, 4) is 0 Å². The average molecular weight is 462 g/mol. The fourth-order valence-electron chi connectivity index (χ4n) is 2.73. The van der Waals surface area contributed by atoms with Gasteiger partial charge in [0.2, 0.25) is 15.9 Å². The maximum absolute atomic E-state index is 12.7. The van der Waals surface area contributed by atoms with Gasteiger partial charge >= 0.3 is 0 Å². The van der Waals surface area contributed by atoms with E-state index in [0.29, 0.717) is 17.7 Å². The predicted molar refractivity (Wildman–Crippen MR) is 126 cm³/mol. The van der Waals surface area contributed by atoms with Gasteiger partial charge in [-0.25, -0.2) is 8.42 Å². The van der Waals surface area contributed by atoms with Crippen molar-refractivity contribution in [2.75, 3.05) is 19.1 Å². The molecule has 166 valence electrons. The summed E-state index contributed by atoms with van der Waals surface area (Å²) >= 11 is 1.53. The van der Waals surface area contributed by atoms with Crippen LogP contribution < -0.4 is 15.4 Å². The van der Waals surface area contributed by atoms with Crippen molar-refractivity contribution in [3.63, 3.8) is 0 Å². The summed E-state index contributed by atoms with van der Waals surface area (Å²) in [4.78, 5) is 24.5. The normalized spacial score (nSPS) is 12.5. The first-order valence-electron chi connectivity index (χ1n) is 9.68. The number of hydrogen-bond donors (Lipinski definition) is 3. The van der Waals surface area contributed by atoms with Gasteiger partial charge < -0.3 is 10.6 Å². The fourth-order valence-corrected chi connectivity index (χ4v) is 4.24. The second-order valence-corrected chi connectivity index (χ2v) is 9.29. The molecule has 0 saturated carbocycles. The molecule has 0 aliphatic rings. The summed E-state index contributed by atoms with van der Waals surface area (Å²) in [6, 6.07) is 15.0. The standard InChI is InChI=1S/C22H27N3O4S2/c1-23-21(26)19-10-6-9-18(15-19)16-24-22(27)20(11-13-30-2)25-31(28,29)14-12-17-7-4-3-5-8-17/h3-10,12,14-15,20,25H,11,13,16H2,1-2H3,(H,23,26)(H,24,27)/b14-12+. The van der Waals surface area contributed by atoms with Crippen LogP contribution in [0.2, 0.25) is 0 Å². The number of rotatable bonds is 11. The molecule has 2 rings (SSSR count). The van der Waals surface area contributed by atoms with E-state index in [-0.39, 0.29) is 12.5 Å². The molecule has 31 heavy (non-hydrogen) atoms. The molecule has 9 heteroatoms. The van der Waals surface area contributed by atoms with E-state index in [1.165, 1.54) is 17.8 Å². The summed E-state index contributed by atoms with van der Waals surface area (Å²) in [5, 5.41) is 6.37. The lowest BCUT2D eigenvalue weighted by Gasteiger charge is -2.17. The monoisotopic (exact) mass is 461 g/mol. The van der Waals surface area contributed by atoms with Crippen LogP contribution in [0.5, 0.6) is 0 Å². The number of carbonyl (C=O) groups is 2. The minimum atomic E-state index is -3.81. The topological polar surface area (TPSA) is 104 Å². The summed E-state index contributed by atoms with van der Waals surface area (Å²) in [7, 11) is -2.27. The van der Waals surface area contributed by atoms with Gasteiger partial charge in [0, 0.05) is 24.6 Å². The Labute approximate surface area is 187 Å². The summed E-state index contributed by atoms with van der Waals surface area (Å²) in [5.74, 6) is -0.0186. The molecule has 1 atom stereocenters. The Bertz CT molecular complexity index is 1010. The van der Waals surface area contributed by atoms with Crippen LogP contribution in [-0.4, -0.2) is 45.3 Å². The van der Waals surface area contributed by atoms with Crippen LogP contribution in [0.15, 0.2) is 60.0 Å². The van der Waals surface area contributed by atoms with E-state index in [4.69, 9.17) is 0 Å². The number of nitrogens with one attached hydrogen (secondary N) is 3. The molecule has 0 spiro atoms. The number of sulfonamides is 1. The van der Waals surface area contributed by atoms with Crippen molar-refractivity contribution in [3.05, 3.63) is 76.7 Å². The first kappa shape index (κ1) is 24.6. The van der Waals surface area contributed by atoms with Crippen LogP contribution in [0.1, 0.15) is 27.9 Å². The number of thioether (sulfide) groups is 1. The first-order valence-corrected chi connectivity index (χ1v) is 12.6. The van der Waals surface area contributed by atoms with Gasteiger partial charge in [-0.15, -0.1) is 0 Å². The molecule has 0 fully saturated rings. The van der Waals surface area contributed by atoms with Crippen LogP contribution in [0.4, 0.5) is 0 Å². The lowest BCUT2D eigenvalue weighted by Crippen LogP contribution is -2.46. The Morgan fingerprint density at radius 3 is 2.52 bits per heavy atom. The van der Waals surface area contributed by atoms with E-state index in [0.717, 1.165) is 16.5 Å². The molecule has 0 heterocycles. The van der Waals surface area contributed by atoms with Crippen molar-refractivity contribution < 1.29 is 18.0 Å². The molecule has 0 radical (unpaired) electrons. The van der Waals surface area contributed by atoms with Crippen LogP contribution in [0.25, 0.3) is 6.08 Å². The summed E-state index contributed by atoms with van der Waals surface area (Å²) in [5.41, 5.74) is 1.97. The number of hydrogen-bond acceptors (Lipinski definition) is 5. The third-order valence-corrected chi connectivity index (χ3v) is 6.11. The zero-order valence-electron chi connectivity index (χ0n) is 17.5. The molecule has 0 aliphatic carbocycles. The lowest BCUT2D eigenvalue weighted by molar-refractivity contribution is -0.122. The number of benzene rings is 2. The minimum Gasteiger partial charge on any atom is -0.355 e. The third kappa shape index (κ3) is 8.56.